The van der Waals surface area contributed by atoms with E-state index in [1.165, 1.54) is 0 Å². The van der Waals surface area contributed by atoms with Crippen LogP contribution in [0, 0.1) is 0 Å². The van der Waals surface area contributed by atoms with E-state index in [4.69, 9.17) is 16.2 Å². The van der Waals surface area contributed by atoms with Crippen molar-refractivity contribution in [1.82, 2.24) is 0 Å². The van der Waals surface area contributed by atoms with Crippen molar-refractivity contribution >= 4 is 17.5 Å². The molecule has 1 saturated carbocycles. The second-order valence-electron chi connectivity index (χ2n) is 7.19. The second kappa shape index (κ2) is 11.9. The summed E-state index contributed by atoms with van der Waals surface area (Å²) in [7, 11) is 5.59. The Bertz CT molecular complexity index is 804. The maximum Gasteiger partial charge on any atom is 0.248 e. The number of carbonyl (C=O) groups excluding carboxylic acids is 2. The number of benzene rings is 2. The summed E-state index contributed by atoms with van der Waals surface area (Å²) in [4.78, 5) is 24.4. The van der Waals surface area contributed by atoms with E-state index in [2.05, 4.69) is 17.0 Å². The first-order valence-electron chi connectivity index (χ1n) is 10.3. The van der Waals surface area contributed by atoms with Gasteiger partial charge in [-0.1, -0.05) is 38.8 Å². The first-order chi connectivity index (χ1) is 14.3. The van der Waals surface area contributed by atoms with Gasteiger partial charge in [0.1, 0.15) is 5.75 Å². The summed E-state index contributed by atoms with van der Waals surface area (Å²) >= 11 is 0. The Morgan fingerprint density at radius 2 is 1.43 bits per heavy atom. The van der Waals surface area contributed by atoms with E-state index in [1.807, 2.05) is 40.1 Å². The molecule has 30 heavy (non-hydrogen) atoms. The molecule has 1 fully saturated rings. The van der Waals surface area contributed by atoms with Gasteiger partial charge in [0.05, 0.1) is 12.5 Å². The third-order valence-electron chi connectivity index (χ3n) is 5.24. The smallest absolute Gasteiger partial charge is 0.248 e. The Morgan fingerprint density at radius 1 is 0.933 bits per heavy atom. The molecule has 6 nitrogen and oxygen atoms in total. The molecule has 0 unspecified atom stereocenters. The maximum atomic E-state index is 11.8. The Labute approximate surface area is 183 Å². The SMILES string of the molecule is CC.CN(C)c1ccc(C2(C(N)=O)CCCC2)cc1.COc1ccc(C(N)=O)cc1.[HH].[HH]. The number of hydrogen-bond donors (Lipinski definition) is 2. The maximum absolute atomic E-state index is 11.8. The summed E-state index contributed by atoms with van der Waals surface area (Å²) in [5, 5.41) is 0. The van der Waals surface area contributed by atoms with Crippen LogP contribution in [0.5, 0.6) is 5.75 Å². The molecule has 6 heteroatoms. The number of anilines is 1. The number of primary amides is 2. The van der Waals surface area contributed by atoms with Gasteiger partial charge in [-0.25, -0.2) is 0 Å². The van der Waals surface area contributed by atoms with Crippen LogP contribution >= 0.6 is 0 Å². The lowest BCUT2D eigenvalue weighted by molar-refractivity contribution is -0.123. The molecule has 0 saturated heterocycles. The molecule has 168 valence electrons. The molecule has 2 aromatic rings. The molecular weight excluding hydrogens is 378 g/mol. The zero-order chi connectivity index (χ0) is 22.7. The molecule has 0 radical (unpaired) electrons. The van der Waals surface area contributed by atoms with Gasteiger partial charge in [0.2, 0.25) is 11.8 Å². The van der Waals surface area contributed by atoms with Crippen LogP contribution in [-0.4, -0.2) is 33.0 Å². The van der Waals surface area contributed by atoms with Crippen LogP contribution in [0.3, 0.4) is 0 Å². The van der Waals surface area contributed by atoms with Crippen LogP contribution in [0.1, 0.15) is 58.3 Å². The van der Waals surface area contributed by atoms with Gasteiger partial charge in [0.25, 0.3) is 0 Å². The number of nitrogens with two attached hydrogens (primary N) is 2. The van der Waals surface area contributed by atoms with Gasteiger partial charge < -0.3 is 21.1 Å². The van der Waals surface area contributed by atoms with Crippen molar-refractivity contribution in [3.8, 4) is 5.75 Å². The lowest BCUT2D eigenvalue weighted by atomic mass is 9.78. The normalized spacial score (nSPS) is 13.8. The summed E-state index contributed by atoms with van der Waals surface area (Å²) in [6.07, 6.45) is 3.98. The van der Waals surface area contributed by atoms with Gasteiger partial charge in [0.15, 0.2) is 0 Å². The first kappa shape index (κ1) is 25.0. The predicted molar refractivity (Wildman–Crippen MR) is 127 cm³/mol. The molecule has 2 aromatic carbocycles. The fraction of sp³-hybridized carbons (Fsp3) is 0.417. The van der Waals surface area contributed by atoms with Gasteiger partial charge in [0, 0.05) is 28.2 Å². The molecule has 1 aliphatic rings. The van der Waals surface area contributed by atoms with Gasteiger partial charge in [-0.05, 0) is 54.8 Å². The van der Waals surface area contributed by atoms with Gasteiger partial charge in [-0.2, -0.15) is 0 Å². The van der Waals surface area contributed by atoms with Crippen LogP contribution in [0.2, 0.25) is 0 Å². The van der Waals surface area contributed by atoms with E-state index in [9.17, 15) is 9.59 Å². The zero-order valence-corrected chi connectivity index (χ0v) is 18.8. The molecule has 1 aliphatic carbocycles. The van der Waals surface area contributed by atoms with E-state index in [1.54, 1.807) is 31.4 Å². The summed E-state index contributed by atoms with van der Waals surface area (Å²) in [5.41, 5.74) is 12.9. The highest BCUT2D eigenvalue weighted by molar-refractivity contribution is 5.92. The van der Waals surface area contributed by atoms with Gasteiger partial charge in [-0.15, -0.1) is 0 Å². The van der Waals surface area contributed by atoms with Crippen molar-refractivity contribution < 1.29 is 17.2 Å². The van der Waals surface area contributed by atoms with Crippen molar-refractivity contribution in [3.05, 3.63) is 59.7 Å². The third-order valence-corrected chi connectivity index (χ3v) is 5.24. The average molecular weight is 418 g/mol. The molecule has 0 aromatic heterocycles. The van der Waals surface area contributed by atoms with Gasteiger partial charge >= 0.3 is 0 Å². The molecule has 0 spiro atoms. The molecule has 0 heterocycles. The van der Waals surface area contributed by atoms with Crippen LogP contribution < -0.4 is 21.1 Å². The number of ether oxygens (including phenoxy) is 1. The van der Waals surface area contributed by atoms with Crippen molar-refractivity contribution in [2.24, 2.45) is 11.5 Å². The van der Waals surface area contributed by atoms with Crippen LogP contribution in [0.4, 0.5) is 5.69 Å². The van der Waals surface area contributed by atoms with Crippen molar-refractivity contribution in [1.29, 1.82) is 0 Å². The first-order valence-corrected chi connectivity index (χ1v) is 10.3. The van der Waals surface area contributed by atoms with Crippen molar-refractivity contribution in [2.75, 3.05) is 26.1 Å². The number of methoxy groups -OCH3 is 1. The number of rotatable bonds is 5. The predicted octanol–water partition coefficient (Wildman–Crippen LogP) is 4.36. The summed E-state index contributed by atoms with van der Waals surface area (Å²) in [6, 6.07) is 14.8. The summed E-state index contributed by atoms with van der Waals surface area (Å²) in [5.74, 6) is 0.121. The molecule has 0 aliphatic heterocycles. The zero-order valence-electron chi connectivity index (χ0n) is 18.8. The Hall–Kier alpha value is -3.02. The average Bonchev–Trinajstić information content (AvgIpc) is 3.27. The van der Waals surface area contributed by atoms with Crippen molar-refractivity contribution in [2.45, 2.75) is 44.9 Å². The quantitative estimate of drug-likeness (QED) is 0.755. The highest BCUT2D eigenvalue weighted by atomic mass is 16.5. The van der Waals surface area contributed by atoms with E-state index in [-0.39, 0.29) is 8.76 Å². The number of carbonyl (C=O) groups is 2. The topological polar surface area (TPSA) is 98.7 Å². The second-order valence-corrected chi connectivity index (χ2v) is 7.19. The van der Waals surface area contributed by atoms with E-state index < -0.39 is 11.3 Å². The minimum absolute atomic E-state index is 0. The molecule has 0 atom stereocenters. The molecule has 3 rings (SSSR count). The molecule has 2 amide bonds. The van der Waals surface area contributed by atoms with E-state index in [0.717, 1.165) is 42.7 Å². The Morgan fingerprint density at radius 3 is 1.80 bits per heavy atom. The molecule has 4 N–H and O–H groups in total. The minimum atomic E-state index is -0.423. The van der Waals surface area contributed by atoms with Gasteiger partial charge in [-0.3, -0.25) is 9.59 Å². The fourth-order valence-corrected chi connectivity index (χ4v) is 3.49. The minimum Gasteiger partial charge on any atom is -0.497 e. The lowest BCUT2D eigenvalue weighted by Gasteiger charge is -2.26. The number of nitrogens with zero attached hydrogens (tertiary/aromatic N) is 1. The Kier molecular flexibility index (Phi) is 9.89. The summed E-state index contributed by atoms with van der Waals surface area (Å²) < 4.78 is 4.90. The molecule has 0 bridgehead atoms. The largest absolute Gasteiger partial charge is 0.497 e. The lowest BCUT2D eigenvalue weighted by Crippen LogP contribution is -2.38. The molecular formula is C24H39N3O3. The van der Waals surface area contributed by atoms with E-state index in [0.29, 0.717) is 5.56 Å². The highest BCUT2D eigenvalue weighted by Gasteiger charge is 2.40. The van der Waals surface area contributed by atoms with Crippen LogP contribution in [-0.2, 0) is 10.2 Å². The highest BCUT2D eigenvalue weighted by Crippen LogP contribution is 2.41. The van der Waals surface area contributed by atoms with Crippen molar-refractivity contribution in [3.63, 3.8) is 0 Å². The van der Waals surface area contributed by atoms with Crippen LogP contribution in [0.25, 0.3) is 0 Å². The summed E-state index contributed by atoms with van der Waals surface area (Å²) in [6.45, 7) is 4.00. The third kappa shape index (κ3) is 6.24. The number of hydrogen-bond acceptors (Lipinski definition) is 4. The monoisotopic (exact) mass is 417 g/mol. The van der Waals surface area contributed by atoms with E-state index >= 15 is 0 Å². The van der Waals surface area contributed by atoms with Crippen LogP contribution in [0.15, 0.2) is 48.5 Å². The Balaban J connectivity index is 0. The fourth-order valence-electron chi connectivity index (χ4n) is 3.49. The standard InChI is InChI=1S/C14H20N2O.C8H9NO2.C2H6.2H2/c1-16(2)12-7-5-11(6-8-12)14(13(15)17)9-3-4-10-14;1-11-7-4-2-6(3-5-7)8(9)10;1-2;;/h5-8H,3-4,9-10H2,1-2H3,(H2,15,17);2-5H,1H3,(H2,9,10);1-2H3;2*1H. The number of amides is 2.